The van der Waals surface area contributed by atoms with Crippen molar-refractivity contribution in [2.24, 2.45) is 0 Å². The predicted octanol–water partition coefficient (Wildman–Crippen LogP) is 2.55. The Balaban J connectivity index is 1.74. The molecule has 0 saturated heterocycles. The molecular formula is C18H16FN3O2S. The maximum Gasteiger partial charge on any atom is 0.262 e. The predicted molar refractivity (Wildman–Crippen MR) is 94.2 cm³/mol. The molecule has 0 atom stereocenters. The summed E-state index contributed by atoms with van der Waals surface area (Å²) >= 11 is 1.48. The van der Waals surface area contributed by atoms with Crippen molar-refractivity contribution in [1.82, 2.24) is 14.5 Å². The Labute approximate surface area is 147 Å². The zero-order valence-electron chi connectivity index (χ0n) is 13.7. The van der Waals surface area contributed by atoms with Crippen LogP contribution in [0.4, 0.5) is 4.39 Å². The monoisotopic (exact) mass is 357 g/mol. The molecule has 7 heteroatoms. The van der Waals surface area contributed by atoms with Crippen molar-refractivity contribution < 1.29 is 9.18 Å². The minimum Gasteiger partial charge on any atom is -0.337 e. The van der Waals surface area contributed by atoms with Gasteiger partial charge in [0.05, 0.1) is 24.8 Å². The average molecular weight is 357 g/mol. The smallest absolute Gasteiger partial charge is 0.262 e. The Kier molecular flexibility index (Phi) is 3.88. The standard InChI is InChI=1S/C18H16FN3O2S/c1-11(23)21-7-6-14-15(9-21)25-17-16(14)18(24)22(10-20-17)8-12-2-4-13(19)5-3-12/h2-5,10H,6-9H2,1H3. The number of carbonyl (C=O) groups is 1. The summed E-state index contributed by atoms with van der Waals surface area (Å²) in [7, 11) is 0. The zero-order valence-corrected chi connectivity index (χ0v) is 14.5. The number of amides is 1. The van der Waals surface area contributed by atoms with Crippen LogP contribution in [0.1, 0.15) is 22.9 Å². The first-order valence-electron chi connectivity index (χ1n) is 8.02. The minimum absolute atomic E-state index is 0.0461. The van der Waals surface area contributed by atoms with E-state index in [1.807, 2.05) is 0 Å². The highest BCUT2D eigenvalue weighted by atomic mass is 32.1. The Bertz CT molecular complexity index is 1020. The van der Waals surface area contributed by atoms with E-state index in [1.165, 1.54) is 23.5 Å². The zero-order chi connectivity index (χ0) is 17.6. The largest absolute Gasteiger partial charge is 0.337 e. The molecule has 0 saturated carbocycles. The van der Waals surface area contributed by atoms with E-state index >= 15 is 0 Å². The van der Waals surface area contributed by atoms with Crippen LogP contribution in [0.2, 0.25) is 0 Å². The number of rotatable bonds is 2. The number of hydrogen-bond donors (Lipinski definition) is 0. The molecular weight excluding hydrogens is 341 g/mol. The van der Waals surface area contributed by atoms with Crippen LogP contribution in [0.5, 0.6) is 0 Å². The minimum atomic E-state index is -0.299. The number of benzene rings is 1. The van der Waals surface area contributed by atoms with E-state index in [2.05, 4.69) is 4.98 Å². The summed E-state index contributed by atoms with van der Waals surface area (Å²) in [6.07, 6.45) is 2.21. The van der Waals surface area contributed by atoms with E-state index in [0.29, 0.717) is 31.4 Å². The van der Waals surface area contributed by atoms with Gasteiger partial charge in [-0.05, 0) is 29.7 Å². The number of fused-ring (bicyclic) bond motifs is 3. The molecule has 3 heterocycles. The summed E-state index contributed by atoms with van der Waals surface area (Å²) in [6, 6.07) is 6.10. The summed E-state index contributed by atoms with van der Waals surface area (Å²) in [4.78, 5) is 32.5. The van der Waals surface area contributed by atoms with Gasteiger partial charge in [-0.15, -0.1) is 11.3 Å². The molecule has 0 spiro atoms. The van der Waals surface area contributed by atoms with Gasteiger partial charge in [0.15, 0.2) is 0 Å². The maximum absolute atomic E-state index is 13.0. The van der Waals surface area contributed by atoms with E-state index in [9.17, 15) is 14.0 Å². The molecule has 3 aromatic rings. The fourth-order valence-corrected chi connectivity index (χ4v) is 4.38. The van der Waals surface area contributed by atoms with Crippen LogP contribution in [0.15, 0.2) is 35.4 Å². The second kappa shape index (κ2) is 6.07. The third-order valence-corrected chi connectivity index (χ3v) is 5.66. The molecule has 1 aromatic carbocycles. The summed E-state index contributed by atoms with van der Waals surface area (Å²) in [6.45, 7) is 3.09. The van der Waals surface area contributed by atoms with Crippen molar-refractivity contribution >= 4 is 27.5 Å². The van der Waals surface area contributed by atoms with Crippen molar-refractivity contribution in [3.63, 3.8) is 0 Å². The number of halogens is 1. The average Bonchev–Trinajstić information content (AvgIpc) is 2.97. The number of hydrogen-bond acceptors (Lipinski definition) is 4. The first kappa shape index (κ1) is 16.0. The second-order valence-corrected chi connectivity index (χ2v) is 7.26. The number of carbonyl (C=O) groups excluding carboxylic acids is 1. The van der Waals surface area contributed by atoms with E-state index in [-0.39, 0.29) is 17.3 Å². The topological polar surface area (TPSA) is 55.2 Å². The maximum atomic E-state index is 13.0. The molecule has 4 rings (SSSR count). The number of aromatic nitrogens is 2. The van der Waals surface area contributed by atoms with E-state index < -0.39 is 0 Å². The van der Waals surface area contributed by atoms with E-state index in [1.54, 1.807) is 34.9 Å². The molecule has 0 fully saturated rings. The Hall–Kier alpha value is -2.54. The Morgan fingerprint density at radius 1 is 1.32 bits per heavy atom. The third kappa shape index (κ3) is 2.84. The third-order valence-electron chi connectivity index (χ3n) is 4.54. The molecule has 2 aromatic heterocycles. The molecule has 1 aliphatic heterocycles. The van der Waals surface area contributed by atoms with Crippen LogP contribution in [0.3, 0.4) is 0 Å². The highest BCUT2D eigenvalue weighted by Crippen LogP contribution is 2.32. The van der Waals surface area contributed by atoms with Gasteiger partial charge in [-0.2, -0.15) is 0 Å². The van der Waals surface area contributed by atoms with Gasteiger partial charge in [0, 0.05) is 18.3 Å². The van der Waals surface area contributed by atoms with Gasteiger partial charge < -0.3 is 4.90 Å². The lowest BCUT2D eigenvalue weighted by atomic mass is 10.1. The molecule has 1 amide bonds. The van der Waals surface area contributed by atoms with Crippen molar-refractivity contribution in [1.29, 1.82) is 0 Å². The second-order valence-electron chi connectivity index (χ2n) is 6.18. The van der Waals surface area contributed by atoms with Gasteiger partial charge in [-0.3, -0.25) is 14.2 Å². The van der Waals surface area contributed by atoms with Gasteiger partial charge in [0.1, 0.15) is 10.6 Å². The molecule has 5 nitrogen and oxygen atoms in total. The van der Waals surface area contributed by atoms with E-state index in [0.717, 1.165) is 20.8 Å². The van der Waals surface area contributed by atoms with Crippen molar-refractivity contribution in [3.05, 3.63) is 62.8 Å². The molecule has 1 aliphatic rings. The first-order chi connectivity index (χ1) is 12.0. The summed E-state index contributed by atoms with van der Waals surface area (Å²) in [5.41, 5.74) is 1.78. The van der Waals surface area contributed by atoms with Crippen molar-refractivity contribution in [2.75, 3.05) is 6.54 Å². The number of nitrogens with zero attached hydrogens (tertiary/aromatic N) is 3. The lowest BCUT2D eigenvalue weighted by Crippen LogP contribution is -2.33. The van der Waals surface area contributed by atoms with Crippen molar-refractivity contribution in [3.8, 4) is 0 Å². The highest BCUT2D eigenvalue weighted by Gasteiger charge is 2.24. The molecule has 0 radical (unpaired) electrons. The molecule has 0 N–H and O–H groups in total. The van der Waals surface area contributed by atoms with Crippen molar-refractivity contribution in [2.45, 2.75) is 26.4 Å². The van der Waals surface area contributed by atoms with Gasteiger partial charge in [-0.1, -0.05) is 12.1 Å². The highest BCUT2D eigenvalue weighted by molar-refractivity contribution is 7.18. The first-order valence-corrected chi connectivity index (χ1v) is 8.84. The molecule has 0 unspecified atom stereocenters. The Morgan fingerprint density at radius 3 is 2.80 bits per heavy atom. The normalized spacial score (nSPS) is 13.9. The molecule has 0 aliphatic carbocycles. The molecule has 25 heavy (non-hydrogen) atoms. The lowest BCUT2D eigenvalue weighted by molar-refractivity contribution is -0.129. The summed E-state index contributed by atoms with van der Waals surface area (Å²) in [5.74, 6) is -0.253. The fourth-order valence-electron chi connectivity index (χ4n) is 3.19. The summed E-state index contributed by atoms with van der Waals surface area (Å²) in [5, 5.41) is 0.660. The van der Waals surface area contributed by atoms with Gasteiger partial charge in [-0.25, -0.2) is 9.37 Å². The van der Waals surface area contributed by atoms with Crippen LogP contribution >= 0.6 is 11.3 Å². The van der Waals surface area contributed by atoms with Crippen LogP contribution in [-0.2, 0) is 24.3 Å². The van der Waals surface area contributed by atoms with Gasteiger partial charge >= 0.3 is 0 Å². The van der Waals surface area contributed by atoms with Crippen LogP contribution < -0.4 is 5.56 Å². The molecule has 128 valence electrons. The summed E-state index contributed by atoms with van der Waals surface area (Å²) < 4.78 is 14.6. The van der Waals surface area contributed by atoms with Gasteiger partial charge in [0.2, 0.25) is 5.91 Å². The van der Waals surface area contributed by atoms with Gasteiger partial charge in [0.25, 0.3) is 5.56 Å². The fraction of sp³-hybridized carbons (Fsp3) is 0.278. The molecule has 0 bridgehead atoms. The van der Waals surface area contributed by atoms with Crippen LogP contribution in [0.25, 0.3) is 10.2 Å². The lowest BCUT2D eigenvalue weighted by Gasteiger charge is -2.25. The van der Waals surface area contributed by atoms with Crippen LogP contribution in [-0.4, -0.2) is 26.9 Å². The Morgan fingerprint density at radius 2 is 2.08 bits per heavy atom. The van der Waals surface area contributed by atoms with Crippen LogP contribution in [0, 0.1) is 5.82 Å². The van der Waals surface area contributed by atoms with E-state index in [4.69, 9.17) is 0 Å². The SMILES string of the molecule is CC(=O)N1CCc2c(sc3ncn(Cc4ccc(F)cc4)c(=O)c23)C1. The number of thiophene rings is 1. The quantitative estimate of drug-likeness (QED) is 0.708.